The third-order valence-corrected chi connectivity index (χ3v) is 6.14. The number of fused-ring (bicyclic) bond motifs is 1. The van der Waals surface area contributed by atoms with Gasteiger partial charge in [0.05, 0.1) is 5.92 Å². The maximum absolute atomic E-state index is 13.1. The molecule has 1 fully saturated rings. The van der Waals surface area contributed by atoms with E-state index in [1.54, 1.807) is 0 Å². The SMILES string of the molecule is Cc1ccccc1CN1CCCC(C(=O)N2CCc3ccccc3C2)C1.O=C(O)C(=O)O. The van der Waals surface area contributed by atoms with E-state index in [-0.39, 0.29) is 5.92 Å². The van der Waals surface area contributed by atoms with Crippen LogP contribution in [0.5, 0.6) is 0 Å². The fourth-order valence-electron chi connectivity index (χ4n) is 4.37. The third kappa shape index (κ3) is 6.17. The summed E-state index contributed by atoms with van der Waals surface area (Å²) in [6.07, 6.45) is 3.13. The van der Waals surface area contributed by atoms with E-state index in [0.717, 1.165) is 52.0 Å². The molecule has 7 heteroatoms. The van der Waals surface area contributed by atoms with Gasteiger partial charge in [0.15, 0.2) is 0 Å². The lowest BCUT2D eigenvalue weighted by molar-refractivity contribution is -0.159. The number of piperidine rings is 1. The molecular weight excluding hydrogens is 408 g/mol. The third-order valence-electron chi connectivity index (χ3n) is 6.14. The molecule has 2 heterocycles. The number of amides is 1. The standard InChI is InChI=1S/C23H28N2O.C2H2O4/c1-18-7-2-3-9-20(18)15-24-13-6-11-22(16-24)23(26)25-14-12-19-8-4-5-10-21(19)17-25;3-1(4)2(5)6/h2-5,7-10,22H,6,11-17H2,1H3;(H,3,4)(H,5,6). The molecule has 2 aromatic rings. The second-order valence-corrected chi connectivity index (χ2v) is 8.39. The monoisotopic (exact) mass is 438 g/mol. The highest BCUT2D eigenvalue weighted by Gasteiger charge is 2.31. The Bertz CT molecular complexity index is 962. The predicted octanol–water partition coefficient (Wildman–Crippen LogP) is 2.95. The molecule has 2 N–H and O–H groups in total. The minimum atomic E-state index is -1.82. The Morgan fingerprint density at radius 1 is 0.938 bits per heavy atom. The van der Waals surface area contributed by atoms with Crippen molar-refractivity contribution in [3.63, 3.8) is 0 Å². The van der Waals surface area contributed by atoms with Gasteiger partial charge in [-0.3, -0.25) is 9.69 Å². The van der Waals surface area contributed by atoms with Gasteiger partial charge >= 0.3 is 11.9 Å². The van der Waals surface area contributed by atoms with Crippen molar-refractivity contribution in [3.8, 4) is 0 Å². The molecule has 7 nitrogen and oxygen atoms in total. The van der Waals surface area contributed by atoms with Crippen LogP contribution in [0.2, 0.25) is 0 Å². The van der Waals surface area contributed by atoms with Crippen LogP contribution in [0.1, 0.15) is 35.1 Å². The van der Waals surface area contributed by atoms with Crippen molar-refractivity contribution in [1.82, 2.24) is 9.80 Å². The highest BCUT2D eigenvalue weighted by Crippen LogP contribution is 2.25. The Kier molecular flexibility index (Phi) is 8.00. The summed E-state index contributed by atoms with van der Waals surface area (Å²) >= 11 is 0. The molecule has 1 amide bonds. The number of carboxylic acids is 2. The number of carboxylic acid groups (broad SMARTS) is 2. The molecule has 2 aliphatic heterocycles. The first-order valence-corrected chi connectivity index (χ1v) is 10.9. The summed E-state index contributed by atoms with van der Waals surface area (Å²) in [5.41, 5.74) is 5.45. The summed E-state index contributed by atoms with van der Waals surface area (Å²) in [5.74, 6) is -3.14. The zero-order valence-corrected chi connectivity index (χ0v) is 18.4. The minimum Gasteiger partial charge on any atom is -0.473 e. The average molecular weight is 439 g/mol. The molecule has 0 aromatic heterocycles. The Morgan fingerprint density at radius 2 is 1.59 bits per heavy atom. The fourth-order valence-corrected chi connectivity index (χ4v) is 4.37. The number of likely N-dealkylation sites (tertiary alicyclic amines) is 1. The molecule has 0 aliphatic carbocycles. The molecule has 1 unspecified atom stereocenters. The Labute approximate surface area is 188 Å². The van der Waals surface area contributed by atoms with Crippen LogP contribution in [0, 0.1) is 12.8 Å². The first kappa shape index (κ1) is 23.5. The highest BCUT2D eigenvalue weighted by atomic mass is 16.4. The van der Waals surface area contributed by atoms with Gasteiger partial charge in [0.1, 0.15) is 0 Å². The number of nitrogens with zero attached hydrogens (tertiary/aromatic N) is 2. The highest BCUT2D eigenvalue weighted by molar-refractivity contribution is 6.27. The van der Waals surface area contributed by atoms with Crippen molar-refractivity contribution < 1.29 is 24.6 Å². The van der Waals surface area contributed by atoms with Gasteiger partial charge in [-0.2, -0.15) is 0 Å². The molecule has 0 saturated carbocycles. The molecule has 1 saturated heterocycles. The number of hydrogen-bond donors (Lipinski definition) is 2. The van der Waals surface area contributed by atoms with E-state index in [9.17, 15) is 4.79 Å². The number of aliphatic carboxylic acids is 2. The van der Waals surface area contributed by atoms with E-state index in [0.29, 0.717) is 5.91 Å². The number of aryl methyl sites for hydroxylation is 1. The van der Waals surface area contributed by atoms with Gasteiger partial charge < -0.3 is 15.1 Å². The minimum absolute atomic E-state index is 0.151. The summed E-state index contributed by atoms with van der Waals surface area (Å²) in [4.78, 5) is 35.9. The topological polar surface area (TPSA) is 98.2 Å². The van der Waals surface area contributed by atoms with Crippen LogP contribution in [0.4, 0.5) is 0 Å². The molecule has 170 valence electrons. The molecule has 0 spiro atoms. The molecule has 0 bridgehead atoms. The van der Waals surface area contributed by atoms with Crippen LogP contribution >= 0.6 is 0 Å². The molecule has 4 rings (SSSR count). The van der Waals surface area contributed by atoms with E-state index in [1.807, 2.05) is 0 Å². The Balaban J connectivity index is 0.000000427. The number of carbonyl (C=O) groups excluding carboxylic acids is 1. The fraction of sp³-hybridized carbons (Fsp3) is 0.400. The Morgan fingerprint density at radius 3 is 2.28 bits per heavy atom. The largest absolute Gasteiger partial charge is 0.473 e. The van der Waals surface area contributed by atoms with Crippen LogP contribution in [0.15, 0.2) is 48.5 Å². The molecule has 2 aromatic carbocycles. The van der Waals surface area contributed by atoms with Gasteiger partial charge in [-0.25, -0.2) is 9.59 Å². The van der Waals surface area contributed by atoms with Crippen LogP contribution in [0.3, 0.4) is 0 Å². The van der Waals surface area contributed by atoms with Crippen molar-refractivity contribution in [2.24, 2.45) is 5.92 Å². The van der Waals surface area contributed by atoms with Gasteiger partial charge in [0.2, 0.25) is 5.91 Å². The lowest BCUT2D eigenvalue weighted by atomic mass is 9.93. The van der Waals surface area contributed by atoms with Crippen LogP contribution in [-0.2, 0) is 33.9 Å². The van der Waals surface area contributed by atoms with Crippen molar-refractivity contribution in [3.05, 3.63) is 70.8 Å². The zero-order valence-electron chi connectivity index (χ0n) is 18.4. The number of benzene rings is 2. The van der Waals surface area contributed by atoms with E-state index >= 15 is 0 Å². The lowest BCUT2D eigenvalue weighted by Gasteiger charge is -2.37. The van der Waals surface area contributed by atoms with Crippen molar-refractivity contribution in [2.45, 2.75) is 39.3 Å². The molecule has 1 atom stereocenters. The van der Waals surface area contributed by atoms with Gasteiger partial charge in [-0.15, -0.1) is 0 Å². The summed E-state index contributed by atoms with van der Waals surface area (Å²) < 4.78 is 0. The summed E-state index contributed by atoms with van der Waals surface area (Å²) in [6.45, 7) is 6.77. The summed E-state index contributed by atoms with van der Waals surface area (Å²) in [6, 6.07) is 17.1. The lowest BCUT2D eigenvalue weighted by Crippen LogP contribution is -2.46. The summed E-state index contributed by atoms with van der Waals surface area (Å²) in [5, 5.41) is 14.8. The van der Waals surface area contributed by atoms with Crippen molar-refractivity contribution in [2.75, 3.05) is 19.6 Å². The Hall–Kier alpha value is -3.19. The molecular formula is C25H30N2O5. The van der Waals surface area contributed by atoms with Gasteiger partial charge in [-0.1, -0.05) is 48.5 Å². The van der Waals surface area contributed by atoms with Crippen LogP contribution < -0.4 is 0 Å². The summed E-state index contributed by atoms with van der Waals surface area (Å²) in [7, 11) is 0. The van der Waals surface area contributed by atoms with Gasteiger partial charge in [-0.05, 0) is 55.0 Å². The zero-order chi connectivity index (χ0) is 23.1. The molecule has 32 heavy (non-hydrogen) atoms. The average Bonchev–Trinajstić information content (AvgIpc) is 2.80. The maximum Gasteiger partial charge on any atom is 0.414 e. The number of hydrogen-bond acceptors (Lipinski definition) is 4. The van der Waals surface area contributed by atoms with Crippen molar-refractivity contribution >= 4 is 17.8 Å². The van der Waals surface area contributed by atoms with E-state index in [1.165, 1.54) is 22.3 Å². The normalized spacial score (nSPS) is 18.2. The van der Waals surface area contributed by atoms with Crippen LogP contribution in [0.25, 0.3) is 0 Å². The quantitative estimate of drug-likeness (QED) is 0.715. The first-order valence-electron chi connectivity index (χ1n) is 10.9. The second kappa shape index (κ2) is 10.9. The number of rotatable bonds is 3. The van der Waals surface area contributed by atoms with E-state index in [2.05, 4.69) is 65.3 Å². The number of carbonyl (C=O) groups is 3. The predicted molar refractivity (Wildman–Crippen MR) is 120 cm³/mol. The van der Waals surface area contributed by atoms with Gasteiger partial charge in [0.25, 0.3) is 0 Å². The molecule has 2 aliphatic rings. The maximum atomic E-state index is 13.1. The second-order valence-electron chi connectivity index (χ2n) is 8.39. The molecule has 0 radical (unpaired) electrons. The smallest absolute Gasteiger partial charge is 0.414 e. The van der Waals surface area contributed by atoms with E-state index in [4.69, 9.17) is 19.8 Å². The van der Waals surface area contributed by atoms with Gasteiger partial charge in [0, 0.05) is 26.2 Å². The van der Waals surface area contributed by atoms with Crippen molar-refractivity contribution in [1.29, 1.82) is 0 Å². The van der Waals surface area contributed by atoms with Crippen LogP contribution in [-0.4, -0.2) is 57.5 Å². The first-order chi connectivity index (χ1) is 15.3. The van der Waals surface area contributed by atoms with E-state index < -0.39 is 11.9 Å².